The molecule has 1 aliphatic carbocycles. The van der Waals surface area contributed by atoms with Crippen LogP contribution in [0.1, 0.15) is 58.2 Å². The van der Waals surface area contributed by atoms with Gasteiger partial charge in [0.1, 0.15) is 0 Å². The molecule has 0 bridgehead atoms. The zero-order valence-corrected chi connectivity index (χ0v) is 16.6. The molecule has 1 N–H and O–H groups in total. The van der Waals surface area contributed by atoms with E-state index in [2.05, 4.69) is 5.32 Å². The van der Waals surface area contributed by atoms with Gasteiger partial charge in [0.15, 0.2) is 0 Å². The maximum atomic E-state index is 12.3. The minimum atomic E-state index is -3.66. The van der Waals surface area contributed by atoms with Crippen LogP contribution in [0.4, 0.5) is 10.5 Å². The first-order chi connectivity index (χ1) is 19.2. The van der Waals surface area contributed by atoms with E-state index in [0.29, 0.717) is 10.5 Å². The number of rotatable bonds is 5. The lowest BCUT2D eigenvalue weighted by Gasteiger charge is -2.37. The predicted octanol–water partition coefficient (Wildman–Crippen LogP) is 3.99. The van der Waals surface area contributed by atoms with E-state index >= 15 is 0 Å². The normalized spacial score (nSPS) is 40.1. The van der Waals surface area contributed by atoms with E-state index in [0.717, 1.165) is 7.05 Å². The number of piperazine rings is 1. The van der Waals surface area contributed by atoms with E-state index in [1.165, 1.54) is 25.1 Å². The first-order valence-corrected chi connectivity index (χ1v) is 9.46. The van der Waals surface area contributed by atoms with Gasteiger partial charge in [0.05, 0.1) is 16.2 Å². The zero-order valence-electron chi connectivity index (χ0n) is 30.8. The van der Waals surface area contributed by atoms with Gasteiger partial charge < -0.3 is 15.1 Å². The topological polar surface area (TPSA) is 38.8 Å². The van der Waals surface area contributed by atoms with Gasteiger partial charge in [-0.2, -0.15) is 0 Å². The van der Waals surface area contributed by atoms with E-state index < -0.39 is 63.8 Å². The van der Waals surface area contributed by atoms with Crippen LogP contribution in [-0.2, 0) is 0 Å². The highest BCUT2D eigenvalue weighted by atomic mass is 35.5. The lowest BCUT2D eigenvalue weighted by atomic mass is 9.84. The number of hydrogen-bond acceptors (Lipinski definition) is 3. The lowest BCUT2D eigenvalue weighted by molar-refractivity contribution is 0.194. The van der Waals surface area contributed by atoms with Crippen LogP contribution in [0.2, 0.25) is 5.02 Å². The van der Waals surface area contributed by atoms with Crippen molar-refractivity contribution >= 4 is 23.3 Å². The van der Waals surface area contributed by atoms with Crippen LogP contribution in [0.3, 0.4) is 0 Å². The van der Waals surface area contributed by atoms with Gasteiger partial charge in [-0.3, -0.25) is 4.90 Å². The van der Waals surface area contributed by atoms with E-state index in [1.54, 1.807) is 0 Å². The molecule has 6 heteroatoms. The van der Waals surface area contributed by atoms with Crippen molar-refractivity contribution in [3.8, 4) is 0 Å². The summed E-state index contributed by atoms with van der Waals surface area (Å²) in [6, 6.07) is 2.68. The summed E-state index contributed by atoms with van der Waals surface area (Å²) in [5, 5.41) is 2.38. The van der Waals surface area contributed by atoms with E-state index in [9.17, 15) is 4.79 Å². The number of carbonyl (C=O) groups excluding carboxylic acids is 1. The average molecular weight is 422 g/mol. The van der Waals surface area contributed by atoms with Gasteiger partial charge in [0.25, 0.3) is 0 Å². The molecule has 28 heavy (non-hydrogen) atoms. The molecule has 3 rings (SSSR count). The van der Waals surface area contributed by atoms with Gasteiger partial charge in [-0.15, -0.1) is 0 Å². The molecule has 1 aliphatic heterocycles. The number of amides is 2. The number of nitrogens with zero attached hydrogens (tertiary/aromatic N) is 3. The Balaban J connectivity index is 1.97. The zero-order chi connectivity index (χ0) is 33.4. The number of aryl methyl sites for hydroxylation is 1. The first kappa shape index (κ1) is 9.13. The summed E-state index contributed by atoms with van der Waals surface area (Å²) in [6.07, 6.45) is -2.99. The minimum absolute atomic E-state index is 0.0699. The molecule has 1 saturated carbocycles. The maximum Gasteiger partial charge on any atom is 0.317 e. The molecule has 0 aromatic heterocycles. The molecule has 2 amide bonds. The number of nitrogens with one attached hydrogen (secondary N) is 1. The Hall–Kier alpha value is -1.46. The Morgan fingerprint density at radius 2 is 2.04 bits per heavy atom. The van der Waals surface area contributed by atoms with Gasteiger partial charge in [0.2, 0.25) is 0 Å². The fourth-order valence-electron chi connectivity index (χ4n) is 3.05. The summed E-state index contributed by atoms with van der Waals surface area (Å²) in [6.45, 7) is -19.0. The SMILES string of the molecule is [2H]C([2H])([2H])N(C)C(=O)NC1CCC(C([2H])([2H])C([2H])([2H])N2C([2H])([2H])C([2H])([2H])N(c3cccc(C)c3Cl)C([2H])([2H])C2([2H])[2H])CC1. The van der Waals surface area contributed by atoms with Crippen LogP contribution in [0, 0.1) is 12.8 Å². The summed E-state index contributed by atoms with van der Waals surface area (Å²) in [7, 11) is 1.09. The number of urea groups is 1. The third kappa shape index (κ3) is 5.54. The molecule has 1 saturated heterocycles. The molecular formula is C22H35ClN4O. The van der Waals surface area contributed by atoms with Crippen molar-refractivity contribution in [2.24, 2.45) is 5.92 Å². The molecule has 0 radical (unpaired) electrons. The molecule has 2 aliphatic rings. The number of halogens is 1. The van der Waals surface area contributed by atoms with Crippen LogP contribution in [0.5, 0.6) is 0 Å². The Labute approximate surface area is 196 Å². The maximum absolute atomic E-state index is 12.3. The van der Waals surface area contributed by atoms with E-state index in [1.807, 2.05) is 0 Å². The Kier molecular flexibility index (Phi) is 3.21. The van der Waals surface area contributed by atoms with Crippen LogP contribution >= 0.6 is 11.6 Å². The smallest absolute Gasteiger partial charge is 0.317 e. The molecule has 1 aromatic carbocycles. The van der Waals surface area contributed by atoms with E-state index in [4.69, 9.17) is 32.2 Å². The second-order valence-corrected chi connectivity index (χ2v) is 7.22. The summed E-state index contributed by atoms with van der Waals surface area (Å²) < 4.78 is 127. The van der Waals surface area contributed by atoms with Crippen LogP contribution < -0.4 is 10.2 Å². The average Bonchev–Trinajstić information content (AvgIpc) is 2.84. The van der Waals surface area contributed by atoms with Gasteiger partial charge in [-0.1, -0.05) is 23.7 Å². The van der Waals surface area contributed by atoms with Crippen LogP contribution in [0.15, 0.2) is 18.2 Å². The highest BCUT2D eigenvalue weighted by Crippen LogP contribution is 2.30. The number of anilines is 1. The fraction of sp³-hybridized carbons (Fsp3) is 0.682. The molecule has 5 nitrogen and oxygen atoms in total. The highest BCUT2D eigenvalue weighted by molar-refractivity contribution is 6.34. The van der Waals surface area contributed by atoms with Gasteiger partial charge in [0, 0.05) is 61.1 Å². The van der Waals surface area contributed by atoms with Crippen LogP contribution in [0.25, 0.3) is 0 Å². The summed E-state index contributed by atoms with van der Waals surface area (Å²) in [5.41, 5.74) is 0.00923. The summed E-state index contributed by atoms with van der Waals surface area (Å²) in [5.74, 6) is -1.18. The Morgan fingerprint density at radius 1 is 1.32 bits per heavy atom. The first-order valence-electron chi connectivity index (χ1n) is 16.6. The Morgan fingerprint density at radius 3 is 2.71 bits per heavy atom. The van der Waals surface area contributed by atoms with Crippen molar-refractivity contribution in [1.29, 1.82) is 0 Å². The third-order valence-electron chi connectivity index (χ3n) is 4.70. The standard InChI is InChI=1S/C22H35ClN4O/c1-17-5-4-6-20(21(17)23)27-15-13-26(14-16-27)12-11-18-7-9-19(10-8-18)24-22(28)25(2)3/h4-6,18-19H,7-16H2,1-3H3,(H,24,28)/i2D3,11D2,12D2,13D2,14D2,15D2,16D2. The van der Waals surface area contributed by atoms with Gasteiger partial charge in [-0.05, 0) is 63.0 Å². The van der Waals surface area contributed by atoms with Gasteiger partial charge in [-0.25, -0.2) is 4.79 Å². The van der Waals surface area contributed by atoms with Crippen molar-refractivity contribution in [3.05, 3.63) is 28.8 Å². The highest BCUT2D eigenvalue weighted by Gasteiger charge is 2.24. The molecule has 0 atom stereocenters. The van der Waals surface area contributed by atoms with Crippen molar-refractivity contribution in [2.75, 3.05) is 51.4 Å². The fourth-order valence-corrected chi connectivity index (χ4v) is 3.26. The van der Waals surface area contributed by atoms with Crippen molar-refractivity contribution in [1.82, 2.24) is 15.1 Å². The summed E-state index contributed by atoms with van der Waals surface area (Å²) in [4.78, 5) is 12.7. The van der Waals surface area contributed by atoms with Crippen molar-refractivity contribution < 1.29 is 25.4 Å². The summed E-state index contributed by atoms with van der Waals surface area (Å²) >= 11 is 6.33. The molecule has 1 aromatic rings. The Bertz CT molecular complexity index is 1190. The minimum Gasteiger partial charge on any atom is -0.368 e. The van der Waals surface area contributed by atoms with Gasteiger partial charge >= 0.3 is 6.03 Å². The van der Waals surface area contributed by atoms with Crippen LogP contribution in [-0.4, -0.2) is 68.4 Å². The van der Waals surface area contributed by atoms with Crippen molar-refractivity contribution in [3.63, 3.8) is 0 Å². The second kappa shape index (κ2) is 9.84. The quantitative estimate of drug-likeness (QED) is 0.781. The molecule has 156 valence electrons. The molecular weight excluding hydrogens is 372 g/mol. The predicted molar refractivity (Wildman–Crippen MR) is 117 cm³/mol. The largest absolute Gasteiger partial charge is 0.368 e. The number of carbonyl (C=O) groups is 1. The monoisotopic (exact) mass is 421 g/mol. The molecule has 0 spiro atoms. The number of benzene rings is 1. The molecule has 1 heterocycles. The third-order valence-corrected chi connectivity index (χ3v) is 5.19. The van der Waals surface area contributed by atoms with Crippen molar-refractivity contribution in [2.45, 2.75) is 45.0 Å². The number of hydrogen-bond donors (Lipinski definition) is 1. The molecule has 2 fully saturated rings. The second-order valence-electron chi connectivity index (χ2n) is 6.84. The lowest BCUT2D eigenvalue weighted by Crippen LogP contribution is -2.47. The van der Waals surface area contributed by atoms with E-state index in [-0.39, 0.29) is 46.2 Å². The molecule has 0 unspecified atom stereocenters.